The average Bonchev–Trinajstić information content (AvgIpc) is 2.72. The maximum absolute atomic E-state index is 12.9. The summed E-state index contributed by atoms with van der Waals surface area (Å²) in [4.78, 5) is 28.3. The minimum Gasteiger partial charge on any atom is -0.343 e. The quantitative estimate of drug-likeness (QED) is 0.705. The van der Waals surface area contributed by atoms with E-state index in [1.54, 1.807) is 17.0 Å². The van der Waals surface area contributed by atoms with E-state index in [4.69, 9.17) is 0 Å². The third-order valence-corrected chi connectivity index (χ3v) is 4.77. The Kier molecular flexibility index (Phi) is 8.00. The molecule has 0 radical (unpaired) electrons. The molecule has 1 atom stereocenters. The molecule has 0 fully saturated rings. The number of nitrogens with one attached hydrogen (secondary N) is 1. The molecular formula is C22H26F3N3O2. The third kappa shape index (κ3) is 6.59. The maximum Gasteiger partial charge on any atom is 0.405 e. The standard InChI is InChI=1S/C22H26F3N3O2/c1-4-28(19-8-6-5-7-9-19)21(30)16(2)27(3)14-17-10-12-18(13-11-17)20(29)26-15-22(23,24)25/h5-13,16H,4,14-15H2,1-3H3,(H,26,29)/t16-/m0/s1. The molecule has 30 heavy (non-hydrogen) atoms. The van der Waals surface area contributed by atoms with Gasteiger partial charge in [0.1, 0.15) is 6.54 Å². The van der Waals surface area contributed by atoms with Crippen molar-refractivity contribution >= 4 is 17.5 Å². The molecule has 0 bridgehead atoms. The Morgan fingerprint density at radius 2 is 1.63 bits per heavy atom. The first-order valence-electron chi connectivity index (χ1n) is 9.63. The summed E-state index contributed by atoms with van der Waals surface area (Å²) in [5, 5.41) is 1.84. The van der Waals surface area contributed by atoms with Crippen molar-refractivity contribution in [2.75, 3.05) is 25.0 Å². The highest BCUT2D eigenvalue weighted by Gasteiger charge is 2.28. The van der Waals surface area contributed by atoms with Gasteiger partial charge in [0.2, 0.25) is 5.91 Å². The summed E-state index contributed by atoms with van der Waals surface area (Å²) in [6, 6.07) is 15.3. The molecule has 0 unspecified atom stereocenters. The van der Waals surface area contributed by atoms with Gasteiger partial charge in [-0.3, -0.25) is 14.5 Å². The largest absolute Gasteiger partial charge is 0.405 e. The zero-order valence-electron chi connectivity index (χ0n) is 17.2. The first kappa shape index (κ1) is 23.4. The number of alkyl halides is 3. The Bertz CT molecular complexity index is 839. The molecule has 0 aliphatic rings. The Balaban J connectivity index is 1.98. The normalized spacial score (nSPS) is 12.5. The molecule has 2 aromatic rings. The number of hydrogen-bond acceptors (Lipinski definition) is 3. The highest BCUT2D eigenvalue weighted by molar-refractivity contribution is 5.97. The second-order valence-corrected chi connectivity index (χ2v) is 7.00. The number of amides is 2. The van der Waals surface area contributed by atoms with Gasteiger partial charge in [-0.2, -0.15) is 13.2 Å². The summed E-state index contributed by atoms with van der Waals surface area (Å²) in [5.74, 6) is -0.813. The van der Waals surface area contributed by atoms with E-state index in [1.807, 2.05) is 61.4 Å². The Labute approximate surface area is 174 Å². The highest BCUT2D eigenvalue weighted by atomic mass is 19.4. The second kappa shape index (κ2) is 10.2. The Morgan fingerprint density at radius 3 is 2.17 bits per heavy atom. The Morgan fingerprint density at radius 1 is 1.03 bits per heavy atom. The van der Waals surface area contributed by atoms with Crippen LogP contribution in [0.25, 0.3) is 0 Å². The zero-order valence-corrected chi connectivity index (χ0v) is 17.2. The van der Waals surface area contributed by atoms with Crippen LogP contribution >= 0.6 is 0 Å². The van der Waals surface area contributed by atoms with E-state index < -0.39 is 18.6 Å². The van der Waals surface area contributed by atoms with Crippen LogP contribution in [-0.4, -0.2) is 49.1 Å². The number of hydrogen-bond donors (Lipinski definition) is 1. The minimum absolute atomic E-state index is 0.0330. The number of nitrogens with zero attached hydrogens (tertiary/aromatic N) is 2. The lowest BCUT2D eigenvalue weighted by Gasteiger charge is -2.30. The monoisotopic (exact) mass is 421 g/mol. The molecule has 0 heterocycles. The number of para-hydroxylation sites is 1. The van der Waals surface area contributed by atoms with Crippen molar-refractivity contribution in [3.05, 3.63) is 65.7 Å². The molecule has 5 nitrogen and oxygen atoms in total. The molecule has 0 saturated carbocycles. The van der Waals surface area contributed by atoms with Crippen LogP contribution in [0.5, 0.6) is 0 Å². The van der Waals surface area contributed by atoms with Gasteiger partial charge in [-0.25, -0.2) is 0 Å². The van der Waals surface area contributed by atoms with Gasteiger partial charge in [0, 0.05) is 24.3 Å². The van der Waals surface area contributed by atoms with Crippen molar-refractivity contribution in [3.8, 4) is 0 Å². The second-order valence-electron chi connectivity index (χ2n) is 7.00. The lowest BCUT2D eigenvalue weighted by molar-refractivity contribution is -0.123. The van der Waals surface area contributed by atoms with Crippen LogP contribution in [-0.2, 0) is 11.3 Å². The number of halogens is 3. The fourth-order valence-corrected chi connectivity index (χ4v) is 2.96. The first-order valence-corrected chi connectivity index (χ1v) is 9.63. The fourth-order valence-electron chi connectivity index (χ4n) is 2.96. The van der Waals surface area contributed by atoms with Gasteiger partial charge in [0.25, 0.3) is 5.91 Å². The molecule has 0 aliphatic carbocycles. The van der Waals surface area contributed by atoms with Gasteiger partial charge in [0.15, 0.2) is 0 Å². The molecular weight excluding hydrogens is 395 g/mol. The molecule has 8 heteroatoms. The van der Waals surface area contributed by atoms with Crippen molar-refractivity contribution in [2.24, 2.45) is 0 Å². The number of likely N-dealkylation sites (N-methyl/N-ethyl adjacent to an activating group) is 2. The third-order valence-electron chi connectivity index (χ3n) is 4.77. The summed E-state index contributed by atoms with van der Waals surface area (Å²) in [6.07, 6.45) is -4.45. The van der Waals surface area contributed by atoms with Crippen LogP contribution in [0.15, 0.2) is 54.6 Å². The van der Waals surface area contributed by atoms with E-state index in [0.717, 1.165) is 11.3 Å². The van der Waals surface area contributed by atoms with Gasteiger partial charge in [-0.1, -0.05) is 30.3 Å². The number of carbonyl (C=O) groups excluding carboxylic acids is 2. The van der Waals surface area contributed by atoms with Gasteiger partial charge in [-0.05, 0) is 50.7 Å². The van der Waals surface area contributed by atoms with Crippen molar-refractivity contribution in [1.82, 2.24) is 10.2 Å². The predicted octanol–water partition coefficient (Wildman–Crippen LogP) is 3.85. The van der Waals surface area contributed by atoms with Crippen LogP contribution < -0.4 is 10.2 Å². The SMILES string of the molecule is CCN(C(=O)[C@H](C)N(C)Cc1ccc(C(=O)NCC(F)(F)F)cc1)c1ccccc1. The van der Waals surface area contributed by atoms with Crippen LogP contribution in [0.3, 0.4) is 0 Å². The van der Waals surface area contributed by atoms with Crippen molar-refractivity contribution < 1.29 is 22.8 Å². The molecule has 0 spiro atoms. The fraction of sp³-hybridized carbons (Fsp3) is 0.364. The van der Waals surface area contributed by atoms with Crippen molar-refractivity contribution in [3.63, 3.8) is 0 Å². The number of benzene rings is 2. The summed E-state index contributed by atoms with van der Waals surface area (Å²) in [6.45, 7) is 3.37. The number of carbonyl (C=O) groups is 2. The van der Waals surface area contributed by atoms with E-state index in [2.05, 4.69) is 0 Å². The molecule has 1 N–H and O–H groups in total. The Hall–Kier alpha value is -2.87. The van der Waals surface area contributed by atoms with E-state index >= 15 is 0 Å². The lowest BCUT2D eigenvalue weighted by atomic mass is 10.1. The number of rotatable bonds is 8. The topological polar surface area (TPSA) is 52.7 Å². The average molecular weight is 421 g/mol. The molecule has 2 amide bonds. The molecule has 2 aromatic carbocycles. The van der Waals surface area contributed by atoms with Gasteiger partial charge in [-0.15, -0.1) is 0 Å². The van der Waals surface area contributed by atoms with Gasteiger partial charge >= 0.3 is 6.18 Å². The molecule has 0 aromatic heterocycles. The zero-order chi connectivity index (χ0) is 22.3. The van der Waals surface area contributed by atoms with Gasteiger partial charge < -0.3 is 10.2 Å². The molecule has 0 saturated heterocycles. The highest BCUT2D eigenvalue weighted by Crippen LogP contribution is 2.17. The smallest absolute Gasteiger partial charge is 0.343 e. The van der Waals surface area contributed by atoms with Crippen LogP contribution in [0.1, 0.15) is 29.8 Å². The van der Waals surface area contributed by atoms with Crippen molar-refractivity contribution in [1.29, 1.82) is 0 Å². The summed E-state index contributed by atoms with van der Waals surface area (Å²) >= 11 is 0. The van der Waals surface area contributed by atoms with E-state index in [-0.39, 0.29) is 17.5 Å². The molecule has 162 valence electrons. The van der Waals surface area contributed by atoms with Crippen LogP contribution in [0.2, 0.25) is 0 Å². The van der Waals surface area contributed by atoms with Crippen LogP contribution in [0.4, 0.5) is 18.9 Å². The minimum atomic E-state index is -4.45. The molecule has 2 rings (SSSR count). The maximum atomic E-state index is 12.9. The van der Waals surface area contributed by atoms with Gasteiger partial charge in [0.05, 0.1) is 6.04 Å². The predicted molar refractivity (Wildman–Crippen MR) is 110 cm³/mol. The lowest BCUT2D eigenvalue weighted by Crippen LogP contribution is -2.45. The first-order chi connectivity index (χ1) is 14.1. The summed E-state index contributed by atoms with van der Waals surface area (Å²) in [5.41, 5.74) is 1.82. The molecule has 0 aliphatic heterocycles. The summed E-state index contributed by atoms with van der Waals surface area (Å²) < 4.78 is 36.7. The van der Waals surface area contributed by atoms with E-state index in [9.17, 15) is 22.8 Å². The van der Waals surface area contributed by atoms with E-state index in [1.165, 1.54) is 12.1 Å². The number of anilines is 1. The van der Waals surface area contributed by atoms with E-state index in [0.29, 0.717) is 13.1 Å². The van der Waals surface area contributed by atoms with Crippen molar-refractivity contribution in [2.45, 2.75) is 32.6 Å². The summed E-state index contributed by atoms with van der Waals surface area (Å²) in [7, 11) is 1.82. The van der Waals surface area contributed by atoms with Crippen LogP contribution in [0, 0.1) is 0 Å².